The monoisotopic (exact) mass is 169 g/mol. The third-order valence-electron chi connectivity index (χ3n) is 1.41. The van der Waals surface area contributed by atoms with Gasteiger partial charge in [-0.25, -0.2) is 4.99 Å². The number of halogens is 1. The van der Waals surface area contributed by atoms with Crippen LogP contribution in [0.1, 0.15) is 0 Å². The highest BCUT2D eigenvalue weighted by molar-refractivity contribution is 6.33. The van der Waals surface area contributed by atoms with Gasteiger partial charge >= 0.3 is 0 Å². The number of hydrogen-bond acceptors (Lipinski definition) is 3. The minimum atomic E-state index is -0.158. The Morgan fingerprint density at radius 2 is 2.45 bits per heavy atom. The van der Waals surface area contributed by atoms with Crippen molar-refractivity contribution in [1.29, 1.82) is 0 Å². The molecule has 11 heavy (non-hydrogen) atoms. The Balaban J connectivity index is 2.38. The summed E-state index contributed by atoms with van der Waals surface area (Å²) in [5.74, 6) is 0.420. The molecule has 2 aliphatic heterocycles. The summed E-state index contributed by atoms with van der Waals surface area (Å²) < 4.78 is 0. The zero-order chi connectivity index (χ0) is 7.84. The molecular weight excluding hydrogens is 166 g/mol. The highest BCUT2D eigenvalue weighted by Gasteiger charge is 2.22. The summed E-state index contributed by atoms with van der Waals surface area (Å²) in [5.41, 5.74) is 0. The summed E-state index contributed by atoms with van der Waals surface area (Å²) >= 11 is 5.58. The van der Waals surface area contributed by atoms with Gasteiger partial charge in [-0.15, -0.1) is 0 Å². The Morgan fingerprint density at radius 3 is 3.27 bits per heavy atom. The van der Waals surface area contributed by atoms with Crippen molar-refractivity contribution in [2.45, 2.75) is 0 Å². The van der Waals surface area contributed by atoms with E-state index in [0.717, 1.165) is 0 Å². The molecule has 0 aliphatic carbocycles. The van der Waals surface area contributed by atoms with Crippen molar-refractivity contribution in [2.75, 3.05) is 6.54 Å². The molecule has 5 heteroatoms. The topological polar surface area (TPSA) is 45.0 Å². The molecule has 0 fully saturated rings. The predicted octanol–water partition coefficient (Wildman–Crippen LogP) is 0.349. The third-order valence-corrected chi connectivity index (χ3v) is 1.61. The van der Waals surface area contributed by atoms with E-state index < -0.39 is 0 Å². The Hall–Kier alpha value is -1.16. The van der Waals surface area contributed by atoms with Crippen LogP contribution in [0.25, 0.3) is 0 Å². The molecule has 0 aromatic rings. The number of carbonyl (C=O) groups is 1. The molecule has 2 heterocycles. The van der Waals surface area contributed by atoms with Gasteiger partial charge in [0.15, 0.2) is 0 Å². The second-order valence-corrected chi connectivity index (χ2v) is 2.59. The van der Waals surface area contributed by atoms with Crippen molar-refractivity contribution in [2.24, 2.45) is 9.98 Å². The van der Waals surface area contributed by atoms with E-state index in [1.165, 1.54) is 6.34 Å². The van der Waals surface area contributed by atoms with Crippen molar-refractivity contribution < 1.29 is 4.79 Å². The summed E-state index contributed by atoms with van der Waals surface area (Å²) in [6.45, 7) is 0.277. The van der Waals surface area contributed by atoms with Crippen LogP contribution in [0.15, 0.2) is 21.2 Å². The lowest BCUT2D eigenvalue weighted by Gasteiger charge is -2.13. The fourth-order valence-electron chi connectivity index (χ4n) is 0.938. The third kappa shape index (κ3) is 1.05. The quantitative estimate of drug-likeness (QED) is 0.491. The van der Waals surface area contributed by atoms with Crippen LogP contribution in [0.4, 0.5) is 0 Å². The molecule has 0 atom stereocenters. The number of carbonyl (C=O) groups excluding carboxylic acids is 1. The summed E-state index contributed by atoms with van der Waals surface area (Å²) in [6, 6.07) is 0. The summed E-state index contributed by atoms with van der Waals surface area (Å²) in [6.07, 6.45) is 3.07. The fourth-order valence-corrected chi connectivity index (χ4v) is 1.08. The summed E-state index contributed by atoms with van der Waals surface area (Å²) in [4.78, 5) is 19.9. The van der Waals surface area contributed by atoms with Crippen LogP contribution in [0.2, 0.25) is 0 Å². The molecule has 0 saturated carbocycles. The zero-order valence-corrected chi connectivity index (χ0v) is 6.25. The molecular formula is C6H4ClN3O. The van der Waals surface area contributed by atoms with Crippen LogP contribution in [-0.4, -0.2) is 29.5 Å². The van der Waals surface area contributed by atoms with Gasteiger partial charge in [-0.1, -0.05) is 11.6 Å². The van der Waals surface area contributed by atoms with E-state index in [9.17, 15) is 4.79 Å². The summed E-state index contributed by atoms with van der Waals surface area (Å²) in [5, 5.41) is 0.356. The number of amides is 1. The lowest BCUT2D eigenvalue weighted by Crippen LogP contribution is -2.27. The van der Waals surface area contributed by atoms with Gasteiger partial charge in [0.1, 0.15) is 17.5 Å². The maximum absolute atomic E-state index is 10.8. The number of hydrogen-bond donors (Lipinski definition) is 0. The lowest BCUT2D eigenvalue weighted by atomic mass is 10.4. The molecule has 0 N–H and O–H groups in total. The zero-order valence-electron chi connectivity index (χ0n) is 5.49. The predicted molar refractivity (Wildman–Crippen MR) is 41.6 cm³/mol. The van der Waals surface area contributed by atoms with Crippen LogP contribution in [0.3, 0.4) is 0 Å². The normalized spacial score (nSPS) is 21.5. The standard InChI is InChI=1S/C6H4ClN3O/c7-4-1-5-9-6(11)2-10(5)3-8-4/h1,3H,2H2. The SMILES string of the molecule is O=C1CN2C=NC(Cl)=CC2=N1. The molecule has 0 spiro atoms. The molecule has 1 amide bonds. The Labute approximate surface area is 67.9 Å². The summed E-state index contributed by atoms with van der Waals surface area (Å²) in [7, 11) is 0. The molecule has 0 bridgehead atoms. The van der Waals surface area contributed by atoms with Crippen molar-refractivity contribution in [3.05, 3.63) is 11.2 Å². The van der Waals surface area contributed by atoms with Crippen LogP contribution in [-0.2, 0) is 4.79 Å². The van der Waals surface area contributed by atoms with E-state index in [1.807, 2.05) is 0 Å². The van der Waals surface area contributed by atoms with E-state index in [1.54, 1.807) is 11.0 Å². The second kappa shape index (κ2) is 2.17. The number of rotatable bonds is 0. The number of aliphatic imine (C=N–C) groups is 2. The maximum Gasteiger partial charge on any atom is 0.267 e. The van der Waals surface area contributed by atoms with Crippen molar-refractivity contribution in [1.82, 2.24) is 4.90 Å². The van der Waals surface area contributed by atoms with E-state index in [0.29, 0.717) is 11.0 Å². The van der Waals surface area contributed by atoms with Gasteiger partial charge in [-0.05, 0) is 0 Å². The van der Waals surface area contributed by atoms with Crippen LogP contribution < -0.4 is 0 Å². The molecule has 2 rings (SSSR count). The molecule has 0 radical (unpaired) electrons. The van der Waals surface area contributed by atoms with E-state index in [-0.39, 0.29) is 12.5 Å². The van der Waals surface area contributed by atoms with Crippen LogP contribution in [0, 0.1) is 0 Å². The van der Waals surface area contributed by atoms with E-state index in [2.05, 4.69) is 9.98 Å². The average molecular weight is 170 g/mol. The Kier molecular flexibility index (Phi) is 1.29. The molecule has 0 unspecified atom stereocenters. The minimum absolute atomic E-state index is 0.158. The average Bonchev–Trinajstić information content (AvgIpc) is 2.27. The van der Waals surface area contributed by atoms with Gasteiger partial charge in [0, 0.05) is 6.08 Å². The maximum atomic E-state index is 10.8. The first-order valence-electron chi connectivity index (χ1n) is 3.05. The van der Waals surface area contributed by atoms with Gasteiger partial charge in [-0.3, -0.25) is 4.79 Å². The number of fused-ring (bicyclic) bond motifs is 1. The molecule has 0 saturated heterocycles. The van der Waals surface area contributed by atoms with Crippen molar-refractivity contribution in [3.63, 3.8) is 0 Å². The van der Waals surface area contributed by atoms with Gasteiger partial charge in [0.05, 0.1) is 6.34 Å². The molecule has 2 aliphatic rings. The highest BCUT2D eigenvalue weighted by Crippen LogP contribution is 2.13. The second-order valence-electron chi connectivity index (χ2n) is 2.20. The largest absolute Gasteiger partial charge is 0.307 e. The molecule has 0 aromatic carbocycles. The van der Waals surface area contributed by atoms with Gasteiger partial charge in [0.2, 0.25) is 0 Å². The van der Waals surface area contributed by atoms with Crippen molar-refractivity contribution >= 4 is 29.7 Å². The molecule has 0 aromatic heterocycles. The van der Waals surface area contributed by atoms with Crippen LogP contribution in [0.5, 0.6) is 0 Å². The van der Waals surface area contributed by atoms with Crippen molar-refractivity contribution in [3.8, 4) is 0 Å². The minimum Gasteiger partial charge on any atom is -0.307 e. The van der Waals surface area contributed by atoms with Gasteiger partial charge in [0.25, 0.3) is 5.91 Å². The Bertz CT molecular complexity index is 302. The highest BCUT2D eigenvalue weighted by atomic mass is 35.5. The number of nitrogens with zero attached hydrogens (tertiary/aromatic N) is 3. The molecule has 56 valence electrons. The molecule has 4 nitrogen and oxygen atoms in total. The first-order chi connectivity index (χ1) is 5.25. The van der Waals surface area contributed by atoms with Gasteiger partial charge < -0.3 is 4.90 Å². The van der Waals surface area contributed by atoms with Crippen LogP contribution >= 0.6 is 11.6 Å². The number of amidine groups is 1. The van der Waals surface area contributed by atoms with E-state index >= 15 is 0 Å². The fraction of sp³-hybridized carbons (Fsp3) is 0.167. The Morgan fingerprint density at radius 1 is 1.64 bits per heavy atom. The first-order valence-corrected chi connectivity index (χ1v) is 3.43. The van der Waals surface area contributed by atoms with Gasteiger partial charge in [-0.2, -0.15) is 4.99 Å². The first kappa shape index (κ1) is 6.54. The van der Waals surface area contributed by atoms with E-state index in [4.69, 9.17) is 11.6 Å². The lowest BCUT2D eigenvalue weighted by molar-refractivity contribution is -0.116. The smallest absolute Gasteiger partial charge is 0.267 e.